The highest BCUT2D eigenvalue weighted by Crippen LogP contribution is 2.33. The summed E-state index contributed by atoms with van der Waals surface area (Å²) < 4.78 is 0. The van der Waals surface area contributed by atoms with Crippen molar-refractivity contribution in [3.8, 4) is 0 Å². The number of hydrogen-bond donors (Lipinski definition) is 1. The lowest BCUT2D eigenvalue weighted by Gasteiger charge is -2.24. The molecule has 4 nitrogen and oxygen atoms in total. The average Bonchev–Trinajstić information content (AvgIpc) is 3.09. The Morgan fingerprint density at radius 1 is 1.37 bits per heavy atom. The quantitative estimate of drug-likeness (QED) is 0.914. The molecule has 0 bridgehead atoms. The van der Waals surface area contributed by atoms with Crippen molar-refractivity contribution in [1.29, 1.82) is 0 Å². The summed E-state index contributed by atoms with van der Waals surface area (Å²) >= 11 is 1.65. The van der Waals surface area contributed by atoms with Gasteiger partial charge in [0.2, 0.25) is 5.56 Å². The Balaban J connectivity index is 1.86. The number of carbonyl (C=O) groups is 1. The Hall–Kier alpha value is -1.88. The standard InChI is InChI=1S/C14H14N2O2S/c17-13-4-3-10(8-15-13)14(18)16-6-1-2-12(16)11-5-7-19-9-11/h3-5,7-9,12H,1-2,6H2,(H,15,17). The van der Waals surface area contributed by atoms with Crippen LogP contribution in [0.5, 0.6) is 0 Å². The van der Waals surface area contributed by atoms with Crippen LogP contribution in [0.3, 0.4) is 0 Å². The fourth-order valence-electron chi connectivity index (χ4n) is 2.53. The zero-order chi connectivity index (χ0) is 13.2. The lowest BCUT2D eigenvalue weighted by atomic mass is 10.1. The molecule has 1 saturated heterocycles. The number of nitrogens with one attached hydrogen (secondary N) is 1. The molecular weight excluding hydrogens is 260 g/mol. The maximum absolute atomic E-state index is 12.5. The molecule has 0 aromatic carbocycles. The van der Waals surface area contributed by atoms with E-state index in [1.165, 1.54) is 17.8 Å². The van der Waals surface area contributed by atoms with E-state index in [0.717, 1.165) is 19.4 Å². The van der Waals surface area contributed by atoms with Crippen LogP contribution in [-0.4, -0.2) is 22.3 Å². The van der Waals surface area contributed by atoms with Gasteiger partial charge in [0.1, 0.15) is 0 Å². The van der Waals surface area contributed by atoms with Crippen LogP contribution in [-0.2, 0) is 0 Å². The Bertz CT molecular complexity index is 613. The van der Waals surface area contributed by atoms with Crippen LogP contribution < -0.4 is 5.56 Å². The maximum Gasteiger partial charge on any atom is 0.255 e. The Labute approximate surface area is 114 Å². The van der Waals surface area contributed by atoms with Gasteiger partial charge in [-0.05, 0) is 41.3 Å². The second-order valence-corrected chi connectivity index (χ2v) is 5.43. The van der Waals surface area contributed by atoms with Gasteiger partial charge in [-0.15, -0.1) is 0 Å². The van der Waals surface area contributed by atoms with E-state index in [0.29, 0.717) is 5.56 Å². The topological polar surface area (TPSA) is 53.2 Å². The molecule has 3 rings (SSSR count). The zero-order valence-electron chi connectivity index (χ0n) is 10.3. The van der Waals surface area contributed by atoms with Crippen molar-refractivity contribution in [2.24, 2.45) is 0 Å². The summed E-state index contributed by atoms with van der Waals surface area (Å²) in [5.74, 6) is -0.00931. The minimum absolute atomic E-state index is 0.00931. The molecule has 1 aliphatic heterocycles. The fourth-order valence-corrected chi connectivity index (χ4v) is 3.24. The van der Waals surface area contributed by atoms with Gasteiger partial charge in [0, 0.05) is 18.8 Å². The molecule has 5 heteroatoms. The summed E-state index contributed by atoms with van der Waals surface area (Å²) in [7, 11) is 0. The molecule has 0 spiro atoms. The number of hydrogen-bond acceptors (Lipinski definition) is 3. The molecule has 0 aliphatic carbocycles. The van der Waals surface area contributed by atoms with Crippen LogP contribution in [0.1, 0.15) is 34.8 Å². The molecule has 1 amide bonds. The molecule has 1 fully saturated rings. The number of H-pyrrole nitrogens is 1. The third-order valence-electron chi connectivity index (χ3n) is 3.47. The number of aromatic amines is 1. The predicted octanol–water partition coefficient (Wildman–Crippen LogP) is 2.41. The van der Waals surface area contributed by atoms with Gasteiger partial charge in [0.15, 0.2) is 0 Å². The van der Waals surface area contributed by atoms with Crippen molar-refractivity contribution in [1.82, 2.24) is 9.88 Å². The highest BCUT2D eigenvalue weighted by molar-refractivity contribution is 7.07. The first-order valence-corrected chi connectivity index (χ1v) is 7.22. The van der Waals surface area contributed by atoms with Crippen molar-refractivity contribution in [2.75, 3.05) is 6.54 Å². The van der Waals surface area contributed by atoms with E-state index in [2.05, 4.69) is 16.4 Å². The molecule has 3 heterocycles. The molecule has 98 valence electrons. The van der Waals surface area contributed by atoms with Gasteiger partial charge in [-0.3, -0.25) is 9.59 Å². The van der Waals surface area contributed by atoms with Crippen molar-refractivity contribution >= 4 is 17.2 Å². The largest absolute Gasteiger partial charge is 0.332 e. The second kappa shape index (κ2) is 5.01. The first-order valence-electron chi connectivity index (χ1n) is 6.27. The molecule has 0 radical (unpaired) electrons. The summed E-state index contributed by atoms with van der Waals surface area (Å²) in [6.45, 7) is 0.776. The van der Waals surface area contributed by atoms with E-state index in [9.17, 15) is 9.59 Å². The number of likely N-dealkylation sites (tertiary alicyclic amines) is 1. The van der Waals surface area contributed by atoms with Crippen molar-refractivity contribution in [3.63, 3.8) is 0 Å². The van der Waals surface area contributed by atoms with Crippen molar-refractivity contribution in [3.05, 3.63) is 56.6 Å². The molecular formula is C14H14N2O2S. The van der Waals surface area contributed by atoms with E-state index >= 15 is 0 Å². The van der Waals surface area contributed by atoms with Crippen LogP contribution in [0.25, 0.3) is 0 Å². The third kappa shape index (κ3) is 2.33. The van der Waals surface area contributed by atoms with E-state index in [1.807, 2.05) is 10.3 Å². The lowest BCUT2D eigenvalue weighted by Crippen LogP contribution is -2.30. The van der Waals surface area contributed by atoms with E-state index in [-0.39, 0.29) is 17.5 Å². The van der Waals surface area contributed by atoms with Crippen LogP contribution in [0.4, 0.5) is 0 Å². The zero-order valence-corrected chi connectivity index (χ0v) is 11.2. The normalized spacial score (nSPS) is 18.7. The minimum Gasteiger partial charge on any atom is -0.332 e. The number of aromatic nitrogens is 1. The minimum atomic E-state index is -0.188. The van der Waals surface area contributed by atoms with Gasteiger partial charge < -0.3 is 9.88 Å². The van der Waals surface area contributed by atoms with Crippen LogP contribution in [0, 0.1) is 0 Å². The smallest absolute Gasteiger partial charge is 0.255 e. The molecule has 19 heavy (non-hydrogen) atoms. The van der Waals surface area contributed by atoms with E-state index < -0.39 is 0 Å². The average molecular weight is 274 g/mol. The number of rotatable bonds is 2. The molecule has 1 aliphatic rings. The molecule has 2 aromatic rings. The maximum atomic E-state index is 12.5. The summed E-state index contributed by atoms with van der Waals surface area (Å²) in [4.78, 5) is 28.0. The summed E-state index contributed by atoms with van der Waals surface area (Å²) in [5.41, 5.74) is 1.56. The SMILES string of the molecule is O=C(c1ccc(=O)[nH]c1)N1CCCC1c1ccsc1. The Kier molecular flexibility index (Phi) is 3.21. The summed E-state index contributed by atoms with van der Waals surface area (Å²) in [6.07, 6.45) is 3.52. The summed E-state index contributed by atoms with van der Waals surface area (Å²) in [6, 6.07) is 5.23. The first kappa shape index (κ1) is 12.2. The third-order valence-corrected chi connectivity index (χ3v) is 4.17. The van der Waals surface area contributed by atoms with Crippen molar-refractivity contribution in [2.45, 2.75) is 18.9 Å². The number of nitrogens with zero attached hydrogens (tertiary/aromatic N) is 1. The highest BCUT2D eigenvalue weighted by Gasteiger charge is 2.30. The Morgan fingerprint density at radius 2 is 2.26 bits per heavy atom. The number of thiophene rings is 1. The number of amides is 1. The van der Waals surface area contributed by atoms with Crippen LogP contribution >= 0.6 is 11.3 Å². The van der Waals surface area contributed by atoms with E-state index in [4.69, 9.17) is 0 Å². The number of pyridine rings is 1. The molecule has 1 atom stereocenters. The van der Waals surface area contributed by atoms with Crippen molar-refractivity contribution < 1.29 is 4.79 Å². The van der Waals surface area contributed by atoms with Gasteiger partial charge in [-0.25, -0.2) is 0 Å². The second-order valence-electron chi connectivity index (χ2n) is 4.65. The van der Waals surface area contributed by atoms with Gasteiger partial charge >= 0.3 is 0 Å². The van der Waals surface area contributed by atoms with Gasteiger partial charge in [-0.1, -0.05) is 0 Å². The molecule has 0 saturated carbocycles. The Morgan fingerprint density at radius 3 is 2.95 bits per heavy atom. The van der Waals surface area contributed by atoms with Crippen LogP contribution in [0.2, 0.25) is 0 Å². The molecule has 1 unspecified atom stereocenters. The molecule has 2 aromatic heterocycles. The first-order chi connectivity index (χ1) is 9.25. The number of carbonyl (C=O) groups excluding carboxylic acids is 1. The highest BCUT2D eigenvalue weighted by atomic mass is 32.1. The fraction of sp³-hybridized carbons (Fsp3) is 0.286. The van der Waals surface area contributed by atoms with E-state index in [1.54, 1.807) is 17.4 Å². The summed E-state index contributed by atoms with van der Waals surface area (Å²) in [5, 5.41) is 4.14. The monoisotopic (exact) mass is 274 g/mol. The van der Waals surface area contributed by atoms with Crippen LogP contribution in [0.15, 0.2) is 40.0 Å². The van der Waals surface area contributed by atoms with Gasteiger partial charge in [0.25, 0.3) is 5.91 Å². The molecule has 1 N–H and O–H groups in total. The lowest BCUT2D eigenvalue weighted by molar-refractivity contribution is 0.0735. The predicted molar refractivity (Wildman–Crippen MR) is 74.4 cm³/mol. The van der Waals surface area contributed by atoms with Gasteiger partial charge in [0.05, 0.1) is 11.6 Å². The van der Waals surface area contributed by atoms with Gasteiger partial charge in [-0.2, -0.15) is 11.3 Å².